The van der Waals surface area contributed by atoms with E-state index in [1.807, 2.05) is 0 Å². The standard InChI is InChI=1S/C15H20N2O3/c1-11(18)12-3-2-4-14(9-12)20-10-15(19)17-13-5-7-16-8-6-13/h2-4,9,13,16H,5-8,10H2,1H3,(H,17,19). The van der Waals surface area contributed by atoms with E-state index in [-0.39, 0.29) is 24.3 Å². The number of nitrogens with one attached hydrogen (secondary N) is 2. The molecule has 1 saturated heterocycles. The fourth-order valence-corrected chi connectivity index (χ4v) is 2.19. The van der Waals surface area contributed by atoms with E-state index >= 15 is 0 Å². The Kier molecular flexibility index (Phi) is 5.12. The van der Waals surface area contributed by atoms with E-state index in [4.69, 9.17) is 4.74 Å². The highest BCUT2D eigenvalue weighted by Gasteiger charge is 2.15. The van der Waals surface area contributed by atoms with Crippen LogP contribution in [0.4, 0.5) is 0 Å². The second-order valence-corrected chi connectivity index (χ2v) is 4.96. The molecule has 1 amide bonds. The molecule has 1 aromatic carbocycles. The lowest BCUT2D eigenvalue weighted by atomic mass is 10.1. The normalized spacial score (nSPS) is 15.7. The maximum absolute atomic E-state index is 11.8. The second kappa shape index (κ2) is 7.05. The summed E-state index contributed by atoms with van der Waals surface area (Å²) in [4.78, 5) is 23.0. The Bertz CT molecular complexity index is 482. The lowest BCUT2D eigenvalue weighted by Gasteiger charge is -2.23. The molecule has 0 atom stereocenters. The summed E-state index contributed by atoms with van der Waals surface area (Å²) in [6.45, 7) is 3.35. The number of hydrogen-bond donors (Lipinski definition) is 2. The molecule has 0 radical (unpaired) electrons. The molecule has 2 N–H and O–H groups in total. The number of hydrogen-bond acceptors (Lipinski definition) is 4. The van der Waals surface area contributed by atoms with Gasteiger partial charge in [0.1, 0.15) is 5.75 Å². The largest absolute Gasteiger partial charge is 0.484 e. The molecule has 1 aromatic rings. The first kappa shape index (κ1) is 14.5. The van der Waals surface area contributed by atoms with Gasteiger partial charge < -0.3 is 15.4 Å². The summed E-state index contributed by atoms with van der Waals surface area (Å²) < 4.78 is 5.42. The fourth-order valence-electron chi connectivity index (χ4n) is 2.19. The summed E-state index contributed by atoms with van der Waals surface area (Å²) in [6.07, 6.45) is 1.90. The van der Waals surface area contributed by atoms with Gasteiger partial charge in [-0.2, -0.15) is 0 Å². The molecule has 1 aliphatic rings. The van der Waals surface area contributed by atoms with E-state index in [0.717, 1.165) is 25.9 Å². The summed E-state index contributed by atoms with van der Waals surface area (Å²) in [7, 11) is 0. The third-order valence-electron chi connectivity index (χ3n) is 3.31. The van der Waals surface area contributed by atoms with E-state index in [1.165, 1.54) is 6.92 Å². The van der Waals surface area contributed by atoms with Gasteiger partial charge in [0, 0.05) is 11.6 Å². The highest BCUT2D eigenvalue weighted by molar-refractivity contribution is 5.94. The van der Waals surface area contributed by atoms with Gasteiger partial charge in [-0.25, -0.2) is 0 Å². The Morgan fingerprint density at radius 3 is 2.80 bits per heavy atom. The van der Waals surface area contributed by atoms with Crippen molar-refractivity contribution in [2.75, 3.05) is 19.7 Å². The number of ether oxygens (including phenoxy) is 1. The Balaban J connectivity index is 1.80. The minimum atomic E-state index is -0.120. The molecule has 5 nitrogen and oxygen atoms in total. The van der Waals surface area contributed by atoms with Gasteiger partial charge in [-0.3, -0.25) is 9.59 Å². The van der Waals surface area contributed by atoms with Crippen LogP contribution in [-0.4, -0.2) is 37.4 Å². The predicted octanol–water partition coefficient (Wildman–Crippen LogP) is 1.14. The third-order valence-corrected chi connectivity index (χ3v) is 3.31. The minimum absolute atomic E-state index is 0.0189. The molecule has 0 aliphatic carbocycles. The molecule has 0 unspecified atom stereocenters. The zero-order valence-electron chi connectivity index (χ0n) is 11.6. The summed E-state index contributed by atoms with van der Waals surface area (Å²) in [5, 5.41) is 6.20. The SMILES string of the molecule is CC(=O)c1cccc(OCC(=O)NC2CCNCC2)c1. The molecule has 1 heterocycles. The van der Waals surface area contributed by atoms with Crippen LogP contribution in [0.25, 0.3) is 0 Å². The number of benzene rings is 1. The van der Waals surface area contributed by atoms with Gasteiger partial charge in [-0.15, -0.1) is 0 Å². The van der Waals surface area contributed by atoms with Crippen molar-refractivity contribution >= 4 is 11.7 Å². The number of amides is 1. The number of carbonyl (C=O) groups excluding carboxylic acids is 2. The van der Waals surface area contributed by atoms with Crippen molar-refractivity contribution in [3.63, 3.8) is 0 Å². The number of piperidine rings is 1. The van der Waals surface area contributed by atoms with Crippen molar-refractivity contribution in [3.8, 4) is 5.75 Å². The Hall–Kier alpha value is -1.88. The molecule has 0 saturated carbocycles. The van der Waals surface area contributed by atoms with Gasteiger partial charge in [0.25, 0.3) is 5.91 Å². The summed E-state index contributed by atoms with van der Waals surface area (Å²) in [5.41, 5.74) is 0.585. The molecule has 1 fully saturated rings. The van der Waals surface area contributed by atoms with Gasteiger partial charge in [-0.1, -0.05) is 12.1 Å². The zero-order chi connectivity index (χ0) is 14.4. The molecule has 108 valence electrons. The smallest absolute Gasteiger partial charge is 0.258 e. The van der Waals surface area contributed by atoms with Gasteiger partial charge in [-0.05, 0) is 45.0 Å². The molecule has 0 spiro atoms. The zero-order valence-corrected chi connectivity index (χ0v) is 11.6. The van der Waals surface area contributed by atoms with Gasteiger partial charge in [0.05, 0.1) is 0 Å². The molecular weight excluding hydrogens is 256 g/mol. The Morgan fingerprint density at radius 2 is 2.10 bits per heavy atom. The van der Waals surface area contributed by atoms with Crippen molar-refractivity contribution in [2.24, 2.45) is 0 Å². The van der Waals surface area contributed by atoms with Crippen LogP contribution in [0.2, 0.25) is 0 Å². The van der Waals surface area contributed by atoms with Crippen molar-refractivity contribution in [3.05, 3.63) is 29.8 Å². The highest BCUT2D eigenvalue weighted by Crippen LogP contribution is 2.13. The van der Waals surface area contributed by atoms with Crippen LogP contribution < -0.4 is 15.4 Å². The molecule has 20 heavy (non-hydrogen) atoms. The van der Waals surface area contributed by atoms with Crippen molar-refractivity contribution in [2.45, 2.75) is 25.8 Å². The average molecular weight is 276 g/mol. The van der Waals surface area contributed by atoms with Gasteiger partial charge in [0.15, 0.2) is 12.4 Å². The number of carbonyl (C=O) groups is 2. The Labute approximate surface area is 118 Å². The van der Waals surface area contributed by atoms with Crippen LogP contribution in [0.15, 0.2) is 24.3 Å². The van der Waals surface area contributed by atoms with E-state index < -0.39 is 0 Å². The maximum atomic E-state index is 11.8. The van der Waals surface area contributed by atoms with E-state index in [9.17, 15) is 9.59 Å². The van der Waals surface area contributed by atoms with Gasteiger partial charge >= 0.3 is 0 Å². The monoisotopic (exact) mass is 276 g/mol. The fraction of sp³-hybridized carbons (Fsp3) is 0.467. The van der Waals surface area contributed by atoms with Crippen LogP contribution in [0.5, 0.6) is 5.75 Å². The quantitative estimate of drug-likeness (QED) is 0.791. The first-order chi connectivity index (χ1) is 9.65. The number of Topliss-reactive ketones (excluding diaryl/α,β-unsaturated/α-hetero) is 1. The average Bonchev–Trinajstić information content (AvgIpc) is 2.46. The second-order valence-electron chi connectivity index (χ2n) is 4.96. The maximum Gasteiger partial charge on any atom is 0.258 e. The first-order valence-corrected chi connectivity index (χ1v) is 6.89. The molecule has 1 aliphatic heterocycles. The molecule has 0 bridgehead atoms. The van der Waals surface area contributed by atoms with Crippen LogP contribution in [0, 0.1) is 0 Å². The molecule has 2 rings (SSSR count). The van der Waals surface area contributed by atoms with Crippen LogP contribution >= 0.6 is 0 Å². The Morgan fingerprint density at radius 1 is 1.35 bits per heavy atom. The minimum Gasteiger partial charge on any atom is -0.484 e. The van der Waals surface area contributed by atoms with Crippen molar-refractivity contribution < 1.29 is 14.3 Å². The van der Waals surface area contributed by atoms with Crippen LogP contribution in [-0.2, 0) is 4.79 Å². The van der Waals surface area contributed by atoms with Crippen LogP contribution in [0.3, 0.4) is 0 Å². The number of ketones is 1. The predicted molar refractivity (Wildman–Crippen MR) is 76.0 cm³/mol. The summed E-state index contributed by atoms with van der Waals surface area (Å²) in [5.74, 6) is 0.401. The van der Waals surface area contributed by atoms with Crippen molar-refractivity contribution in [1.82, 2.24) is 10.6 Å². The summed E-state index contributed by atoms with van der Waals surface area (Å²) in [6, 6.07) is 7.10. The number of rotatable bonds is 5. The topological polar surface area (TPSA) is 67.4 Å². The highest BCUT2D eigenvalue weighted by atomic mass is 16.5. The lowest BCUT2D eigenvalue weighted by molar-refractivity contribution is -0.123. The third kappa shape index (κ3) is 4.35. The lowest BCUT2D eigenvalue weighted by Crippen LogP contribution is -2.44. The molecule has 0 aromatic heterocycles. The van der Waals surface area contributed by atoms with E-state index in [0.29, 0.717) is 11.3 Å². The van der Waals surface area contributed by atoms with E-state index in [1.54, 1.807) is 24.3 Å². The summed E-state index contributed by atoms with van der Waals surface area (Å²) >= 11 is 0. The van der Waals surface area contributed by atoms with Crippen LogP contribution in [0.1, 0.15) is 30.1 Å². The van der Waals surface area contributed by atoms with E-state index in [2.05, 4.69) is 10.6 Å². The first-order valence-electron chi connectivity index (χ1n) is 6.89. The molecular formula is C15H20N2O3. The van der Waals surface area contributed by atoms with Gasteiger partial charge in [0.2, 0.25) is 0 Å². The van der Waals surface area contributed by atoms with Crippen molar-refractivity contribution in [1.29, 1.82) is 0 Å². The molecule has 5 heteroatoms.